The zero-order valence-corrected chi connectivity index (χ0v) is 14.6. The number of carbonyl (C=O) groups is 1. The van der Waals surface area contributed by atoms with E-state index in [0.29, 0.717) is 11.5 Å². The molecule has 0 saturated heterocycles. The number of methoxy groups -OCH3 is 1. The van der Waals surface area contributed by atoms with Crippen LogP contribution >= 0.6 is 0 Å². The molecule has 0 bridgehead atoms. The van der Waals surface area contributed by atoms with Crippen LogP contribution in [0.1, 0.15) is 5.56 Å². The predicted octanol–water partition coefficient (Wildman–Crippen LogP) is 4.79. The van der Waals surface area contributed by atoms with Gasteiger partial charge >= 0.3 is 6.03 Å². The second-order valence-electron chi connectivity index (χ2n) is 5.71. The summed E-state index contributed by atoms with van der Waals surface area (Å²) in [4.78, 5) is 16.3. The SMILES string of the molecule is COc1ccc(C)cc1Nc1ccc(NC(=O)Nc2ccccc2)cn1. The standard InChI is InChI=1S/C20H20N4O2/c1-14-8-10-18(26-2)17(12-14)24-19-11-9-16(13-21-19)23-20(25)22-15-6-4-3-5-7-15/h3-13H,1-2H3,(H,21,24)(H2,22,23,25). The monoisotopic (exact) mass is 348 g/mol. The summed E-state index contributed by atoms with van der Waals surface area (Å²) in [5.41, 5.74) is 3.27. The molecule has 0 saturated carbocycles. The van der Waals surface area contributed by atoms with E-state index < -0.39 is 0 Å². The van der Waals surface area contributed by atoms with Crippen LogP contribution < -0.4 is 20.7 Å². The van der Waals surface area contributed by atoms with Crippen LogP contribution in [0, 0.1) is 6.92 Å². The molecule has 0 aliphatic heterocycles. The largest absolute Gasteiger partial charge is 0.495 e. The van der Waals surface area contributed by atoms with Crippen LogP contribution in [0.2, 0.25) is 0 Å². The summed E-state index contributed by atoms with van der Waals surface area (Å²) in [6.45, 7) is 2.01. The summed E-state index contributed by atoms with van der Waals surface area (Å²) in [6, 6.07) is 18.4. The van der Waals surface area contributed by atoms with E-state index in [0.717, 1.165) is 22.7 Å². The van der Waals surface area contributed by atoms with Gasteiger partial charge in [0.05, 0.1) is 24.7 Å². The average Bonchev–Trinajstić information content (AvgIpc) is 2.64. The molecule has 0 unspecified atom stereocenters. The number of carbonyl (C=O) groups excluding carboxylic acids is 1. The van der Waals surface area contributed by atoms with Gasteiger partial charge in [0, 0.05) is 5.69 Å². The number of benzene rings is 2. The van der Waals surface area contributed by atoms with Gasteiger partial charge in [0.2, 0.25) is 0 Å². The Morgan fingerprint density at radius 2 is 1.73 bits per heavy atom. The van der Waals surface area contributed by atoms with E-state index in [9.17, 15) is 4.79 Å². The molecule has 26 heavy (non-hydrogen) atoms. The maximum atomic E-state index is 12.0. The highest BCUT2D eigenvalue weighted by atomic mass is 16.5. The smallest absolute Gasteiger partial charge is 0.323 e. The Hall–Kier alpha value is -3.54. The van der Waals surface area contributed by atoms with Crippen molar-refractivity contribution in [3.05, 3.63) is 72.4 Å². The number of rotatable bonds is 5. The number of nitrogens with one attached hydrogen (secondary N) is 3. The van der Waals surface area contributed by atoms with Crippen LogP contribution in [0.3, 0.4) is 0 Å². The number of hydrogen-bond acceptors (Lipinski definition) is 4. The number of nitrogens with zero attached hydrogens (tertiary/aromatic N) is 1. The summed E-state index contributed by atoms with van der Waals surface area (Å²) >= 11 is 0. The van der Waals surface area contributed by atoms with Crippen LogP contribution in [0.5, 0.6) is 5.75 Å². The highest BCUT2D eigenvalue weighted by Gasteiger charge is 2.06. The fourth-order valence-electron chi connectivity index (χ4n) is 2.41. The molecule has 6 heteroatoms. The van der Waals surface area contributed by atoms with E-state index in [1.165, 1.54) is 0 Å². The first-order chi connectivity index (χ1) is 12.6. The Morgan fingerprint density at radius 1 is 0.962 bits per heavy atom. The average molecular weight is 348 g/mol. The number of pyridine rings is 1. The van der Waals surface area contributed by atoms with Crippen molar-refractivity contribution in [3.63, 3.8) is 0 Å². The van der Waals surface area contributed by atoms with Gasteiger partial charge in [-0.3, -0.25) is 0 Å². The first-order valence-electron chi connectivity index (χ1n) is 8.15. The van der Waals surface area contributed by atoms with Crippen molar-refractivity contribution in [3.8, 4) is 5.75 Å². The Labute approximate surface area is 152 Å². The summed E-state index contributed by atoms with van der Waals surface area (Å²) in [5, 5.41) is 8.72. The molecular formula is C20H20N4O2. The number of para-hydroxylation sites is 1. The molecule has 1 aromatic heterocycles. The maximum absolute atomic E-state index is 12.0. The van der Waals surface area contributed by atoms with Crippen LogP contribution in [-0.4, -0.2) is 18.1 Å². The number of anilines is 4. The lowest BCUT2D eigenvalue weighted by Gasteiger charge is -2.12. The van der Waals surface area contributed by atoms with Gasteiger partial charge in [-0.05, 0) is 48.9 Å². The predicted molar refractivity (Wildman–Crippen MR) is 104 cm³/mol. The Kier molecular flexibility index (Phi) is 5.34. The molecule has 0 fully saturated rings. The van der Waals surface area contributed by atoms with Gasteiger partial charge < -0.3 is 20.7 Å². The maximum Gasteiger partial charge on any atom is 0.323 e. The zero-order valence-electron chi connectivity index (χ0n) is 14.6. The number of aryl methyl sites for hydroxylation is 1. The van der Waals surface area contributed by atoms with Gasteiger partial charge in [0.15, 0.2) is 0 Å². The van der Waals surface area contributed by atoms with Crippen LogP contribution in [-0.2, 0) is 0 Å². The van der Waals surface area contributed by atoms with Crippen molar-refractivity contribution in [1.82, 2.24) is 4.98 Å². The van der Waals surface area contributed by atoms with Crippen molar-refractivity contribution in [1.29, 1.82) is 0 Å². The lowest BCUT2D eigenvalue weighted by molar-refractivity contribution is 0.262. The fourth-order valence-corrected chi connectivity index (χ4v) is 2.41. The van der Waals surface area contributed by atoms with Crippen LogP contribution in [0.25, 0.3) is 0 Å². The normalized spacial score (nSPS) is 10.1. The molecule has 1 heterocycles. The summed E-state index contributed by atoms with van der Waals surface area (Å²) in [7, 11) is 1.63. The van der Waals surface area contributed by atoms with Crippen LogP contribution in [0.15, 0.2) is 66.9 Å². The highest BCUT2D eigenvalue weighted by Crippen LogP contribution is 2.28. The molecule has 0 aliphatic rings. The second-order valence-corrected chi connectivity index (χ2v) is 5.71. The summed E-state index contributed by atoms with van der Waals surface area (Å²) in [6.07, 6.45) is 1.59. The number of urea groups is 1. The molecule has 0 spiro atoms. The van der Waals surface area contributed by atoms with E-state index in [1.807, 2.05) is 55.5 Å². The fraction of sp³-hybridized carbons (Fsp3) is 0.100. The molecule has 6 nitrogen and oxygen atoms in total. The van der Waals surface area contributed by atoms with E-state index >= 15 is 0 Å². The molecule has 132 valence electrons. The van der Waals surface area contributed by atoms with Crippen molar-refractivity contribution in [2.75, 3.05) is 23.1 Å². The van der Waals surface area contributed by atoms with Crippen molar-refractivity contribution >= 4 is 28.9 Å². The number of aromatic nitrogens is 1. The first-order valence-corrected chi connectivity index (χ1v) is 8.15. The third-order valence-corrected chi connectivity index (χ3v) is 3.67. The number of amides is 2. The van der Waals surface area contributed by atoms with E-state index in [-0.39, 0.29) is 6.03 Å². The van der Waals surface area contributed by atoms with Gasteiger partial charge in [0.1, 0.15) is 11.6 Å². The molecule has 0 atom stereocenters. The Balaban J connectivity index is 1.63. The highest BCUT2D eigenvalue weighted by molar-refractivity contribution is 5.99. The van der Waals surface area contributed by atoms with Crippen molar-refractivity contribution < 1.29 is 9.53 Å². The number of hydrogen-bond donors (Lipinski definition) is 3. The van der Waals surface area contributed by atoms with Crippen molar-refractivity contribution in [2.24, 2.45) is 0 Å². The molecule has 0 radical (unpaired) electrons. The van der Waals surface area contributed by atoms with E-state index in [1.54, 1.807) is 25.4 Å². The lowest BCUT2D eigenvalue weighted by atomic mass is 10.2. The molecule has 3 rings (SSSR count). The minimum absolute atomic E-state index is 0.320. The minimum Gasteiger partial charge on any atom is -0.495 e. The van der Waals surface area contributed by atoms with Gasteiger partial charge in [-0.25, -0.2) is 9.78 Å². The first kappa shape index (κ1) is 17.3. The van der Waals surface area contributed by atoms with Gasteiger partial charge in [-0.15, -0.1) is 0 Å². The van der Waals surface area contributed by atoms with Crippen LogP contribution in [0.4, 0.5) is 27.7 Å². The quantitative estimate of drug-likeness (QED) is 0.620. The Bertz CT molecular complexity index is 880. The lowest BCUT2D eigenvalue weighted by Crippen LogP contribution is -2.19. The molecule has 2 aromatic carbocycles. The molecule has 0 aliphatic carbocycles. The third-order valence-electron chi connectivity index (χ3n) is 3.67. The van der Waals surface area contributed by atoms with Gasteiger partial charge in [-0.1, -0.05) is 24.3 Å². The van der Waals surface area contributed by atoms with Gasteiger partial charge in [0.25, 0.3) is 0 Å². The van der Waals surface area contributed by atoms with Gasteiger partial charge in [-0.2, -0.15) is 0 Å². The van der Waals surface area contributed by atoms with E-state index in [2.05, 4.69) is 20.9 Å². The van der Waals surface area contributed by atoms with Crippen molar-refractivity contribution in [2.45, 2.75) is 6.92 Å². The summed E-state index contributed by atoms with van der Waals surface area (Å²) in [5.74, 6) is 1.39. The Morgan fingerprint density at radius 3 is 2.42 bits per heavy atom. The third kappa shape index (κ3) is 4.51. The minimum atomic E-state index is -0.320. The summed E-state index contributed by atoms with van der Waals surface area (Å²) < 4.78 is 5.35. The molecule has 3 aromatic rings. The zero-order chi connectivity index (χ0) is 18.4. The topological polar surface area (TPSA) is 75.3 Å². The molecule has 2 amide bonds. The molecular weight excluding hydrogens is 328 g/mol. The molecule has 3 N–H and O–H groups in total. The second kappa shape index (κ2) is 8.02. The van der Waals surface area contributed by atoms with E-state index in [4.69, 9.17) is 4.74 Å². The number of ether oxygens (including phenoxy) is 1.